The molecule has 3 nitrogen and oxygen atoms in total. The molecule has 3 unspecified atom stereocenters. The van der Waals surface area contributed by atoms with Gasteiger partial charge in [-0.1, -0.05) is 48.6 Å². The minimum absolute atomic E-state index is 0.0583. The van der Waals surface area contributed by atoms with E-state index in [0.717, 1.165) is 23.3 Å². The minimum atomic E-state index is 0.0583. The Kier molecular flexibility index (Phi) is 3.35. The first-order chi connectivity index (χ1) is 11.7. The monoisotopic (exact) mass is 355 g/mol. The van der Waals surface area contributed by atoms with E-state index in [1.54, 1.807) is 0 Å². The molecule has 1 aromatic carbocycles. The zero-order chi connectivity index (χ0) is 16.3. The summed E-state index contributed by atoms with van der Waals surface area (Å²) in [4.78, 5) is 15.5. The van der Waals surface area contributed by atoms with E-state index in [-0.39, 0.29) is 5.91 Å². The molecule has 122 valence electrons. The summed E-state index contributed by atoms with van der Waals surface area (Å²) in [6.07, 6.45) is 6.80. The molecule has 2 bridgehead atoms. The Morgan fingerprint density at radius 1 is 1.25 bits per heavy atom. The van der Waals surface area contributed by atoms with E-state index in [4.69, 9.17) is 16.6 Å². The van der Waals surface area contributed by atoms with Gasteiger partial charge in [0.25, 0.3) is 5.91 Å². The fourth-order valence-corrected chi connectivity index (χ4v) is 5.85. The Balaban J connectivity index is 1.45. The highest BCUT2D eigenvalue weighted by Crippen LogP contribution is 2.49. The van der Waals surface area contributed by atoms with Crippen molar-refractivity contribution in [3.05, 3.63) is 41.0 Å². The summed E-state index contributed by atoms with van der Waals surface area (Å²) in [5, 5.41) is 1.05. The number of rotatable bonds is 2. The van der Waals surface area contributed by atoms with Crippen molar-refractivity contribution in [2.24, 2.45) is 11.8 Å². The highest BCUT2D eigenvalue weighted by atomic mass is 32.2. The Bertz CT molecular complexity index is 851. The van der Waals surface area contributed by atoms with E-state index in [9.17, 15) is 4.79 Å². The van der Waals surface area contributed by atoms with Crippen LogP contribution in [0.1, 0.15) is 31.4 Å². The van der Waals surface area contributed by atoms with Crippen LogP contribution in [0.5, 0.6) is 0 Å². The molecule has 1 saturated heterocycles. The van der Waals surface area contributed by atoms with Crippen molar-refractivity contribution in [1.29, 1.82) is 0 Å². The molecule has 2 heterocycles. The largest absolute Gasteiger partial charge is 0.457 e. The second-order valence-corrected chi connectivity index (χ2v) is 8.66. The second kappa shape index (κ2) is 5.46. The van der Waals surface area contributed by atoms with Gasteiger partial charge < -0.3 is 4.42 Å². The normalized spacial score (nSPS) is 31.1. The molecule has 0 N–H and O–H groups in total. The van der Waals surface area contributed by atoms with Crippen LogP contribution in [0.3, 0.4) is 0 Å². The van der Waals surface area contributed by atoms with Gasteiger partial charge in [0, 0.05) is 17.5 Å². The number of carbonyl (C=O) groups excluding carboxylic acids is 1. The van der Waals surface area contributed by atoms with Gasteiger partial charge >= 0.3 is 0 Å². The van der Waals surface area contributed by atoms with Gasteiger partial charge in [-0.15, -0.1) is 0 Å². The molecular weight excluding hydrogens is 338 g/mol. The number of carbonyl (C=O) groups is 1. The third-order valence-electron chi connectivity index (χ3n) is 5.57. The lowest BCUT2D eigenvalue weighted by Crippen LogP contribution is -2.41. The number of amides is 1. The number of para-hydroxylation sites is 1. The van der Waals surface area contributed by atoms with E-state index < -0.39 is 0 Å². The third kappa shape index (κ3) is 2.25. The SMILES string of the molecule is O=C1/C(=C\c2cc3ccccc3o2)SC(=S)N1C1CC2CCC1C2. The molecule has 0 radical (unpaired) electrons. The molecule has 2 aromatic rings. The van der Waals surface area contributed by atoms with Crippen molar-refractivity contribution in [2.75, 3.05) is 0 Å². The molecule has 3 aliphatic rings. The quantitative estimate of drug-likeness (QED) is 0.571. The third-order valence-corrected chi connectivity index (χ3v) is 6.90. The van der Waals surface area contributed by atoms with Crippen LogP contribution in [-0.2, 0) is 4.79 Å². The standard InChI is InChI=1S/C19H17NO2S2/c21-18-17(10-14-9-13-3-1-2-4-16(13)22-14)24-19(23)20(18)15-8-11-5-6-12(15)7-11/h1-4,9-12,15H,5-8H2/b17-10+. The second-order valence-electron chi connectivity index (χ2n) is 6.98. The number of furan rings is 1. The summed E-state index contributed by atoms with van der Waals surface area (Å²) in [7, 11) is 0. The van der Waals surface area contributed by atoms with Crippen molar-refractivity contribution in [3.8, 4) is 0 Å². The van der Waals surface area contributed by atoms with Crippen LogP contribution in [0.2, 0.25) is 0 Å². The van der Waals surface area contributed by atoms with Crippen LogP contribution >= 0.6 is 24.0 Å². The van der Waals surface area contributed by atoms with Gasteiger partial charge in [-0.25, -0.2) is 0 Å². The highest BCUT2D eigenvalue weighted by Gasteiger charge is 2.47. The first-order valence-electron chi connectivity index (χ1n) is 8.45. The average Bonchev–Trinajstić information content (AvgIpc) is 3.31. The summed E-state index contributed by atoms with van der Waals surface area (Å²) in [6.45, 7) is 0. The lowest BCUT2D eigenvalue weighted by atomic mass is 9.94. The van der Waals surface area contributed by atoms with Crippen molar-refractivity contribution in [1.82, 2.24) is 4.90 Å². The Hall–Kier alpha value is -1.59. The van der Waals surface area contributed by atoms with Crippen molar-refractivity contribution < 1.29 is 9.21 Å². The number of hydrogen-bond donors (Lipinski definition) is 0. The van der Waals surface area contributed by atoms with Crippen LogP contribution in [-0.4, -0.2) is 21.2 Å². The predicted octanol–water partition coefficient (Wildman–Crippen LogP) is 4.82. The van der Waals surface area contributed by atoms with E-state index in [2.05, 4.69) is 0 Å². The van der Waals surface area contributed by atoms with Gasteiger partial charge in [0.2, 0.25) is 0 Å². The van der Waals surface area contributed by atoms with Gasteiger partial charge in [-0.05, 0) is 43.2 Å². The topological polar surface area (TPSA) is 33.5 Å². The molecular formula is C19H17NO2S2. The van der Waals surface area contributed by atoms with E-state index in [1.807, 2.05) is 41.3 Å². The van der Waals surface area contributed by atoms with Crippen molar-refractivity contribution >= 4 is 51.3 Å². The van der Waals surface area contributed by atoms with Crippen LogP contribution in [0.15, 0.2) is 39.7 Å². The lowest BCUT2D eigenvalue weighted by molar-refractivity contribution is -0.124. The smallest absolute Gasteiger partial charge is 0.266 e. The van der Waals surface area contributed by atoms with Crippen LogP contribution in [0.25, 0.3) is 17.0 Å². The molecule has 1 aromatic heterocycles. The summed E-state index contributed by atoms with van der Waals surface area (Å²) < 4.78 is 6.53. The molecule has 1 aliphatic heterocycles. The molecule has 0 spiro atoms. The first-order valence-corrected chi connectivity index (χ1v) is 9.67. The van der Waals surface area contributed by atoms with E-state index in [1.165, 1.54) is 31.0 Å². The molecule has 1 amide bonds. The van der Waals surface area contributed by atoms with Gasteiger partial charge in [0.05, 0.1) is 4.91 Å². The van der Waals surface area contributed by atoms with Gasteiger partial charge in [0.15, 0.2) is 0 Å². The number of benzene rings is 1. The fourth-order valence-electron chi connectivity index (χ4n) is 4.50. The molecule has 24 heavy (non-hydrogen) atoms. The molecule has 5 heteroatoms. The Morgan fingerprint density at radius 2 is 2.12 bits per heavy atom. The molecule has 2 saturated carbocycles. The Morgan fingerprint density at radius 3 is 2.88 bits per heavy atom. The van der Waals surface area contributed by atoms with Crippen molar-refractivity contribution in [2.45, 2.75) is 31.7 Å². The first kappa shape index (κ1) is 14.7. The Labute approximate surface area is 150 Å². The van der Waals surface area contributed by atoms with Crippen LogP contribution < -0.4 is 0 Å². The van der Waals surface area contributed by atoms with Gasteiger partial charge in [-0.2, -0.15) is 0 Å². The molecule has 3 fully saturated rings. The fraction of sp³-hybridized carbons (Fsp3) is 0.368. The minimum Gasteiger partial charge on any atom is -0.457 e. The lowest BCUT2D eigenvalue weighted by Gasteiger charge is -2.30. The summed E-state index contributed by atoms with van der Waals surface area (Å²) in [6, 6.07) is 10.2. The number of thiocarbonyl (C=S) groups is 1. The van der Waals surface area contributed by atoms with E-state index in [0.29, 0.717) is 26.9 Å². The number of fused-ring (bicyclic) bond motifs is 3. The van der Waals surface area contributed by atoms with Gasteiger partial charge in [0.1, 0.15) is 15.7 Å². The molecule has 2 aliphatic carbocycles. The molecule has 5 rings (SSSR count). The summed E-state index contributed by atoms with van der Waals surface area (Å²) >= 11 is 6.93. The average molecular weight is 355 g/mol. The van der Waals surface area contributed by atoms with Gasteiger partial charge in [-0.3, -0.25) is 9.69 Å². The molecule has 3 atom stereocenters. The van der Waals surface area contributed by atoms with Crippen molar-refractivity contribution in [3.63, 3.8) is 0 Å². The number of hydrogen-bond acceptors (Lipinski definition) is 4. The number of thioether (sulfide) groups is 1. The highest BCUT2D eigenvalue weighted by molar-refractivity contribution is 8.26. The number of nitrogens with zero attached hydrogens (tertiary/aromatic N) is 1. The van der Waals surface area contributed by atoms with Crippen LogP contribution in [0.4, 0.5) is 0 Å². The predicted molar refractivity (Wildman–Crippen MR) is 100 cm³/mol. The summed E-state index contributed by atoms with van der Waals surface area (Å²) in [5.41, 5.74) is 0.840. The zero-order valence-electron chi connectivity index (χ0n) is 13.1. The summed E-state index contributed by atoms with van der Waals surface area (Å²) in [5.74, 6) is 2.21. The van der Waals surface area contributed by atoms with E-state index >= 15 is 0 Å². The maximum Gasteiger partial charge on any atom is 0.266 e. The van der Waals surface area contributed by atoms with Crippen LogP contribution in [0, 0.1) is 11.8 Å². The maximum atomic E-state index is 12.9. The zero-order valence-corrected chi connectivity index (χ0v) is 14.7. The maximum absolute atomic E-state index is 12.9.